The smallest absolute Gasteiger partial charge is 0.236 e. The average Bonchev–Trinajstić information content (AvgIpc) is 3.43. The van der Waals surface area contributed by atoms with Crippen molar-refractivity contribution in [3.8, 4) is 0 Å². The predicted octanol–water partition coefficient (Wildman–Crippen LogP) is 1.83. The zero-order chi connectivity index (χ0) is 28.8. The number of thioether (sulfide) groups is 2. The molecule has 0 bridgehead atoms. The monoisotopic (exact) mass is 584 g/mol. The van der Waals surface area contributed by atoms with E-state index in [1.54, 1.807) is 12.2 Å². The Morgan fingerprint density at radius 1 is 0.775 bits per heavy atom. The van der Waals surface area contributed by atoms with Gasteiger partial charge >= 0.3 is 0 Å². The lowest BCUT2D eigenvalue weighted by Gasteiger charge is -2.32. The Balaban J connectivity index is 1.51. The Kier molecular flexibility index (Phi) is 10.5. The lowest BCUT2D eigenvalue weighted by molar-refractivity contribution is -0.129. The minimum atomic E-state index is -1.62. The van der Waals surface area contributed by atoms with Crippen LogP contribution in [0.4, 0.5) is 0 Å². The Labute approximate surface area is 243 Å². The highest BCUT2D eigenvalue weighted by Gasteiger charge is 2.43. The molecule has 40 heavy (non-hydrogen) atoms. The summed E-state index contributed by atoms with van der Waals surface area (Å²) in [4.78, 5) is 26.9. The van der Waals surface area contributed by atoms with Crippen molar-refractivity contribution in [2.45, 2.75) is 59.8 Å². The zero-order valence-electron chi connectivity index (χ0n) is 22.1. The number of aliphatic hydroxyl groups excluding tert-OH is 4. The van der Waals surface area contributed by atoms with Crippen molar-refractivity contribution in [3.05, 3.63) is 96.1 Å². The standard InChI is InChI=1S/C30H36N2O6S2/c1-3-13-39-27(29(37)31-23-19-11-7-5-9-17(19)15-21(23)33)25(35)26(36)28(40-14-4-2)30(38)32-24-20-12-8-6-10-18(20)16-22(24)34/h3-12,21-28,33-36H,1-2,13-16H2,(H,31,37)(H,32,38)/t21-,22-,23+,24+,25-,26-,27-,28-/m1/s1. The van der Waals surface area contributed by atoms with Gasteiger partial charge in [0, 0.05) is 24.3 Å². The molecule has 8 nitrogen and oxygen atoms in total. The summed E-state index contributed by atoms with van der Waals surface area (Å²) in [5, 5.41) is 47.2. The number of hydrogen-bond acceptors (Lipinski definition) is 8. The fraction of sp³-hybridized carbons (Fsp3) is 0.400. The third-order valence-corrected chi connectivity index (χ3v) is 9.84. The van der Waals surface area contributed by atoms with Crippen molar-refractivity contribution in [1.82, 2.24) is 10.6 Å². The first-order valence-corrected chi connectivity index (χ1v) is 15.3. The lowest BCUT2D eigenvalue weighted by Crippen LogP contribution is -2.54. The highest BCUT2D eigenvalue weighted by molar-refractivity contribution is 8.01. The highest BCUT2D eigenvalue weighted by atomic mass is 32.2. The number of carbonyl (C=O) groups excluding carboxylic acids is 2. The van der Waals surface area contributed by atoms with Gasteiger partial charge in [0.25, 0.3) is 0 Å². The number of nitrogens with one attached hydrogen (secondary N) is 2. The molecule has 0 unspecified atom stereocenters. The van der Waals surface area contributed by atoms with E-state index in [1.165, 1.54) is 0 Å². The Hall–Kier alpha value is -2.60. The number of aliphatic hydroxyl groups is 4. The van der Waals surface area contributed by atoms with Gasteiger partial charge < -0.3 is 31.1 Å². The molecule has 0 saturated heterocycles. The quantitative estimate of drug-likeness (QED) is 0.196. The number of carbonyl (C=O) groups is 2. The zero-order valence-corrected chi connectivity index (χ0v) is 23.7. The third kappa shape index (κ3) is 6.64. The van der Waals surface area contributed by atoms with Gasteiger partial charge in [0.15, 0.2) is 0 Å². The maximum absolute atomic E-state index is 13.5. The highest BCUT2D eigenvalue weighted by Crippen LogP contribution is 2.34. The summed E-state index contributed by atoms with van der Waals surface area (Å²) in [6, 6.07) is 13.6. The summed E-state index contributed by atoms with van der Waals surface area (Å²) in [5.41, 5.74) is 3.48. The first-order chi connectivity index (χ1) is 19.3. The van der Waals surface area contributed by atoms with Crippen LogP contribution < -0.4 is 10.6 Å². The summed E-state index contributed by atoms with van der Waals surface area (Å²) in [7, 11) is 0. The van der Waals surface area contributed by atoms with Crippen LogP contribution in [0.25, 0.3) is 0 Å². The van der Waals surface area contributed by atoms with E-state index in [9.17, 15) is 30.0 Å². The summed E-state index contributed by atoms with van der Waals surface area (Å²) in [6.07, 6.45) is -0.925. The Bertz CT molecular complexity index is 1130. The van der Waals surface area contributed by atoms with Crippen molar-refractivity contribution in [3.63, 3.8) is 0 Å². The van der Waals surface area contributed by atoms with Crippen LogP contribution in [0.1, 0.15) is 34.3 Å². The molecule has 2 aromatic carbocycles. The second-order valence-corrected chi connectivity index (χ2v) is 12.3. The van der Waals surface area contributed by atoms with Gasteiger partial charge in [-0.15, -0.1) is 36.7 Å². The molecule has 2 aromatic rings. The van der Waals surface area contributed by atoms with Crippen LogP contribution in [0.15, 0.2) is 73.8 Å². The van der Waals surface area contributed by atoms with Gasteiger partial charge in [0.1, 0.15) is 22.7 Å². The number of hydrogen-bond donors (Lipinski definition) is 6. The number of benzene rings is 2. The van der Waals surface area contributed by atoms with Crippen LogP contribution in [-0.4, -0.2) is 78.7 Å². The molecule has 0 radical (unpaired) electrons. The van der Waals surface area contributed by atoms with Gasteiger partial charge in [0.2, 0.25) is 11.8 Å². The SMILES string of the molecule is C=CCS[C@@H](C(=O)N[C@H]1c2ccccc2C[C@H]1O)[C@H](O)[C@@H](O)[C@@H](SCC=C)C(=O)N[C@H]1c2ccccc2C[C@H]1O. The van der Waals surface area contributed by atoms with E-state index in [-0.39, 0.29) is 0 Å². The molecular weight excluding hydrogens is 548 g/mol. The van der Waals surface area contributed by atoms with Crippen LogP contribution in [0, 0.1) is 0 Å². The molecule has 6 N–H and O–H groups in total. The van der Waals surface area contributed by atoms with Crippen LogP contribution >= 0.6 is 23.5 Å². The van der Waals surface area contributed by atoms with E-state index in [1.807, 2.05) is 48.5 Å². The fourth-order valence-corrected chi connectivity index (χ4v) is 7.17. The van der Waals surface area contributed by atoms with Crippen molar-refractivity contribution < 1.29 is 30.0 Å². The second kappa shape index (κ2) is 13.8. The molecule has 10 heteroatoms. The number of amides is 2. The predicted molar refractivity (Wildman–Crippen MR) is 159 cm³/mol. The average molecular weight is 585 g/mol. The molecule has 4 rings (SSSR count). The normalized spacial score (nSPS) is 24.2. The fourth-order valence-electron chi connectivity index (χ4n) is 5.33. The summed E-state index contributed by atoms with van der Waals surface area (Å²) < 4.78 is 0. The van der Waals surface area contributed by atoms with E-state index in [2.05, 4.69) is 23.8 Å². The van der Waals surface area contributed by atoms with Gasteiger partial charge in [-0.1, -0.05) is 60.7 Å². The molecule has 2 amide bonds. The van der Waals surface area contributed by atoms with Crippen molar-refractivity contribution >= 4 is 35.3 Å². The molecule has 8 atom stereocenters. The van der Waals surface area contributed by atoms with Crippen LogP contribution in [-0.2, 0) is 22.4 Å². The minimum absolute atomic E-state index is 0.313. The van der Waals surface area contributed by atoms with Crippen LogP contribution in [0.5, 0.6) is 0 Å². The first-order valence-electron chi connectivity index (χ1n) is 13.2. The van der Waals surface area contributed by atoms with Crippen LogP contribution in [0.3, 0.4) is 0 Å². The van der Waals surface area contributed by atoms with Crippen LogP contribution in [0.2, 0.25) is 0 Å². The van der Waals surface area contributed by atoms with Crippen molar-refractivity contribution in [2.24, 2.45) is 0 Å². The van der Waals surface area contributed by atoms with Gasteiger partial charge in [-0.25, -0.2) is 0 Å². The van der Waals surface area contributed by atoms with E-state index in [4.69, 9.17) is 0 Å². The summed E-state index contributed by atoms with van der Waals surface area (Å²) in [5.74, 6) is -0.500. The first kappa shape index (κ1) is 30.4. The van der Waals surface area contributed by atoms with E-state index >= 15 is 0 Å². The molecule has 0 aromatic heterocycles. The molecule has 2 aliphatic rings. The molecule has 2 aliphatic carbocycles. The number of fused-ring (bicyclic) bond motifs is 2. The largest absolute Gasteiger partial charge is 0.390 e. The van der Waals surface area contributed by atoms with E-state index in [0.717, 1.165) is 45.8 Å². The van der Waals surface area contributed by atoms with Crippen molar-refractivity contribution in [2.75, 3.05) is 11.5 Å². The Morgan fingerprint density at radius 3 is 1.52 bits per heavy atom. The molecule has 0 aliphatic heterocycles. The molecule has 0 fully saturated rings. The van der Waals surface area contributed by atoms with Gasteiger partial charge in [-0.05, 0) is 22.3 Å². The maximum Gasteiger partial charge on any atom is 0.236 e. The Morgan fingerprint density at radius 2 is 1.15 bits per heavy atom. The van der Waals surface area contributed by atoms with Gasteiger partial charge in [-0.2, -0.15) is 0 Å². The van der Waals surface area contributed by atoms with E-state index in [0.29, 0.717) is 24.3 Å². The lowest BCUT2D eigenvalue weighted by atomic mass is 10.0. The molecule has 0 heterocycles. The molecule has 0 spiro atoms. The molecule has 0 saturated carbocycles. The van der Waals surface area contributed by atoms with Crippen molar-refractivity contribution in [1.29, 1.82) is 0 Å². The van der Waals surface area contributed by atoms with Gasteiger partial charge in [0.05, 0.1) is 24.3 Å². The van der Waals surface area contributed by atoms with Gasteiger partial charge in [-0.3, -0.25) is 9.59 Å². The number of rotatable bonds is 13. The van der Waals surface area contributed by atoms with E-state index < -0.39 is 58.8 Å². The summed E-state index contributed by atoms with van der Waals surface area (Å²) >= 11 is 2.17. The maximum atomic E-state index is 13.5. The topological polar surface area (TPSA) is 139 Å². The molecular formula is C30H36N2O6S2. The second-order valence-electron chi connectivity index (χ2n) is 9.98. The minimum Gasteiger partial charge on any atom is -0.390 e. The summed E-state index contributed by atoms with van der Waals surface area (Å²) in [6.45, 7) is 7.38. The third-order valence-electron chi connectivity index (χ3n) is 7.28. The molecule has 214 valence electrons.